The van der Waals surface area contributed by atoms with Crippen molar-refractivity contribution in [2.75, 3.05) is 6.61 Å². The average Bonchev–Trinajstić information content (AvgIpc) is 2.68. The Kier molecular flexibility index (Phi) is 5.88. The summed E-state index contributed by atoms with van der Waals surface area (Å²) in [6, 6.07) is 10.6. The van der Waals surface area contributed by atoms with Crippen LogP contribution >= 0.6 is 0 Å². The summed E-state index contributed by atoms with van der Waals surface area (Å²) in [6.07, 6.45) is 6.75. The molecule has 0 aromatic heterocycles. The van der Waals surface area contributed by atoms with Crippen LogP contribution in [0.25, 0.3) is 0 Å². The van der Waals surface area contributed by atoms with Crippen LogP contribution in [0, 0.1) is 17.2 Å². The second-order valence-electron chi connectivity index (χ2n) is 5.69. The number of rotatable bonds is 5. The van der Waals surface area contributed by atoms with Gasteiger partial charge in [-0.05, 0) is 36.5 Å². The molecule has 0 amide bonds. The molecule has 1 aliphatic carbocycles. The van der Waals surface area contributed by atoms with Gasteiger partial charge in [-0.1, -0.05) is 38.3 Å². The van der Waals surface area contributed by atoms with E-state index in [0.717, 1.165) is 18.2 Å². The summed E-state index contributed by atoms with van der Waals surface area (Å²) in [5.41, 5.74) is 1.27. The third-order valence-electron chi connectivity index (χ3n) is 4.16. The SMILES string of the molecule is CC1CCCCCC1NCc1ccc(OCC#N)cc1. The average molecular weight is 272 g/mol. The van der Waals surface area contributed by atoms with Crippen molar-refractivity contribution in [3.8, 4) is 11.8 Å². The van der Waals surface area contributed by atoms with Gasteiger partial charge in [0.1, 0.15) is 11.8 Å². The van der Waals surface area contributed by atoms with Gasteiger partial charge in [0.2, 0.25) is 0 Å². The summed E-state index contributed by atoms with van der Waals surface area (Å²) in [5.74, 6) is 1.54. The van der Waals surface area contributed by atoms with Gasteiger partial charge in [0.15, 0.2) is 6.61 Å². The van der Waals surface area contributed by atoms with Crippen molar-refractivity contribution < 1.29 is 4.74 Å². The molecule has 20 heavy (non-hydrogen) atoms. The molecule has 1 aliphatic rings. The third-order valence-corrected chi connectivity index (χ3v) is 4.16. The molecular formula is C17H24N2O. The number of nitrogens with zero attached hydrogens (tertiary/aromatic N) is 1. The molecule has 2 unspecified atom stereocenters. The minimum Gasteiger partial charge on any atom is -0.479 e. The first kappa shape index (κ1) is 14.9. The lowest BCUT2D eigenvalue weighted by Crippen LogP contribution is -2.33. The van der Waals surface area contributed by atoms with E-state index in [1.165, 1.54) is 37.7 Å². The summed E-state index contributed by atoms with van der Waals surface area (Å²) in [4.78, 5) is 0. The summed E-state index contributed by atoms with van der Waals surface area (Å²) in [5, 5.41) is 12.2. The molecule has 0 heterocycles. The second-order valence-corrected chi connectivity index (χ2v) is 5.69. The van der Waals surface area contributed by atoms with Gasteiger partial charge in [0.05, 0.1) is 0 Å². The van der Waals surface area contributed by atoms with Crippen LogP contribution < -0.4 is 10.1 Å². The van der Waals surface area contributed by atoms with E-state index < -0.39 is 0 Å². The minimum absolute atomic E-state index is 0.108. The number of ether oxygens (including phenoxy) is 1. The second kappa shape index (κ2) is 7.91. The normalized spacial score (nSPS) is 22.8. The number of benzene rings is 1. The van der Waals surface area contributed by atoms with Crippen LogP contribution in [0.4, 0.5) is 0 Å². The largest absolute Gasteiger partial charge is 0.479 e. The van der Waals surface area contributed by atoms with Gasteiger partial charge in [-0.25, -0.2) is 0 Å². The van der Waals surface area contributed by atoms with Gasteiger partial charge in [0.25, 0.3) is 0 Å². The van der Waals surface area contributed by atoms with E-state index in [1.807, 2.05) is 18.2 Å². The molecule has 108 valence electrons. The predicted molar refractivity (Wildman–Crippen MR) is 80.4 cm³/mol. The van der Waals surface area contributed by atoms with Gasteiger partial charge in [-0.15, -0.1) is 0 Å². The Labute approximate surface area is 121 Å². The summed E-state index contributed by atoms with van der Waals surface area (Å²) < 4.78 is 5.26. The lowest BCUT2D eigenvalue weighted by atomic mass is 9.97. The van der Waals surface area contributed by atoms with Crippen LogP contribution in [-0.4, -0.2) is 12.6 Å². The third kappa shape index (κ3) is 4.54. The molecule has 0 saturated heterocycles. The lowest BCUT2D eigenvalue weighted by Gasteiger charge is -2.23. The number of hydrogen-bond donors (Lipinski definition) is 1. The van der Waals surface area contributed by atoms with Gasteiger partial charge in [0, 0.05) is 12.6 Å². The zero-order valence-electron chi connectivity index (χ0n) is 12.3. The smallest absolute Gasteiger partial charge is 0.174 e. The van der Waals surface area contributed by atoms with Crippen molar-refractivity contribution in [1.82, 2.24) is 5.32 Å². The molecule has 1 N–H and O–H groups in total. The van der Waals surface area contributed by atoms with Crippen LogP contribution in [0.3, 0.4) is 0 Å². The van der Waals surface area contributed by atoms with Crippen LogP contribution in [0.15, 0.2) is 24.3 Å². The van der Waals surface area contributed by atoms with Crippen molar-refractivity contribution in [2.24, 2.45) is 5.92 Å². The minimum atomic E-state index is 0.108. The number of hydrogen-bond acceptors (Lipinski definition) is 3. The standard InChI is InChI=1S/C17H24N2O/c1-14-5-3-2-4-6-17(14)19-13-15-7-9-16(10-8-15)20-12-11-18/h7-10,14,17,19H,2-6,12-13H2,1H3. The van der Waals surface area contributed by atoms with Gasteiger partial charge >= 0.3 is 0 Å². The Morgan fingerprint density at radius 2 is 1.95 bits per heavy atom. The molecule has 2 atom stereocenters. The highest BCUT2D eigenvalue weighted by molar-refractivity contribution is 5.27. The zero-order chi connectivity index (χ0) is 14.2. The zero-order valence-corrected chi connectivity index (χ0v) is 12.3. The molecule has 1 aromatic rings. The van der Waals surface area contributed by atoms with E-state index in [9.17, 15) is 0 Å². The highest BCUT2D eigenvalue weighted by atomic mass is 16.5. The Morgan fingerprint density at radius 1 is 1.20 bits per heavy atom. The quantitative estimate of drug-likeness (QED) is 0.832. The van der Waals surface area contributed by atoms with Crippen LogP contribution in [0.2, 0.25) is 0 Å². The van der Waals surface area contributed by atoms with Crippen LogP contribution in [-0.2, 0) is 6.54 Å². The van der Waals surface area contributed by atoms with E-state index in [1.54, 1.807) is 0 Å². The first-order valence-electron chi connectivity index (χ1n) is 7.61. The molecule has 3 heteroatoms. The fourth-order valence-electron chi connectivity index (χ4n) is 2.86. The van der Waals surface area contributed by atoms with Crippen molar-refractivity contribution in [3.05, 3.63) is 29.8 Å². The van der Waals surface area contributed by atoms with Crippen molar-refractivity contribution in [3.63, 3.8) is 0 Å². The summed E-state index contributed by atoms with van der Waals surface area (Å²) >= 11 is 0. The molecule has 3 nitrogen and oxygen atoms in total. The van der Waals surface area contributed by atoms with Gasteiger partial charge < -0.3 is 10.1 Å². The van der Waals surface area contributed by atoms with Crippen molar-refractivity contribution in [2.45, 2.75) is 51.6 Å². The number of nitriles is 1. The fourth-order valence-corrected chi connectivity index (χ4v) is 2.86. The van der Waals surface area contributed by atoms with E-state index in [4.69, 9.17) is 10.00 Å². The van der Waals surface area contributed by atoms with E-state index in [2.05, 4.69) is 24.4 Å². The van der Waals surface area contributed by atoms with E-state index in [-0.39, 0.29) is 6.61 Å². The molecule has 1 aromatic carbocycles. The Morgan fingerprint density at radius 3 is 2.70 bits per heavy atom. The molecule has 0 spiro atoms. The molecule has 2 rings (SSSR count). The Bertz CT molecular complexity index is 435. The maximum atomic E-state index is 8.47. The van der Waals surface area contributed by atoms with Crippen LogP contribution in [0.5, 0.6) is 5.75 Å². The highest BCUT2D eigenvalue weighted by Gasteiger charge is 2.18. The van der Waals surface area contributed by atoms with Crippen molar-refractivity contribution >= 4 is 0 Å². The van der Waals surface area contributed by atoms with Gasteiger partial charge in [-0.3, -0.25) is 0 Å². The first-order valence-corrected chi connectivity index (χ1v) is 7.61. The Balaban J connectivity index is 1.82. The lowest BCUT2D eigenvalue weighted by molar-refractivity contribution is 0.355. The molecule has 0 radical (unpaired) electrons. The first-order chi connectivity index (χ1) is 9.79. The summed E-state index contributed by atoms with van der Waals surface area (Å²) in [7, 11) is 0. The molecule has 1 fully saturated rings. The topological polar surface area (TPSA) is 45.0 Å². The monoisotopic (exact) mass is 272 g/mol. The van der Waals surface area contributed by atoms with E-state index >= 15 is 0 Å². The highest BCUT2D eigenvalue weighted by Crippen LogP contribution is 2.23. The molecule has 0 bridgehead atoms. The van der Waals surface area contributed by atoms with Crippen LogP contribution in [0.1, 0.15) is 44.6 Å². The maximum Gasteiger partial charge on any atom is 0.174 e. The molecule has 0 aliphatic heterocycles. The Hall–Kier alpha value is -1.53. The fraction of sp³-hybridized carbons (Fsp3) is 0.588. The molecule has 1 saturated carbocycles. The van der Waals surface area contributed by atoms with E-state index in [0.29, 0.717) is 6.04 Å². The number of nitrogens with one attached hydrogen (secondary N) is 1. The van der Waals surface area contributed by atoms with Gasteiger partial charge in [-0.2, -0.15) is 5.26 Å². The summed E-state index contributed by atoms with van der Waals surface area (Å²) in [6.45, 7) is 3.38. The predicted octanol–water partition coefficient (Wildman–Crippen LogP) is 3.65. The van der Waals surface area contributed by atoms with Crippen molar-refractivity contribution in [1.29, 1.82) is 5.26 Å². The molecular weight excluding hydrogens is 248 g/mol. The maximum absolute atomic E-state index is 8.47.